The first-order valence-corrected chi connectivity index (χ1v) is 5.74. The highest BCUT2D eigenvalue weighted by atomic mass is 14.7. The van der Waals surface area contributed by atoms with Crippen molar-refractivity contribution in [2.45, 2.75) is 40.5 Å². The number of aryl methyl sites for hydroxylation is 2. The van der Waals surface area contributed by atoms with Crippen molar-refractivity contribution >= 4 is 10.9 Å². The summed E-state index contributed by atoms with van der Waals surface area (Å²) in [5.41, 5.74) is 3.87. The van der Waals surface area contributed by atoms with Gasteiger partial charge < -0.3 is 4.98 Å². The van der Waals surface area contributed by atoms with E-state index in [9.17, 15) is 0 Å². The van der Waals surface area contributed by atoms with Crippen molar-refractivity contribution < 1.29 is 0 Å². The zero-order valence-electron chi connectivity index (χ0n) is 10.2. The number of benzene rings is 1. The van der Waals surface area contributed by atoms with Crippen LogP contribution in [0.3, 0.4) is 0 Å². The monoisotopic (exact) mass is 203 g/mol. The van der Waals surface area contributed by atoms with Gasteiger partial charge in [-0.25, -0.2) is 0 Å². The molecular weight excluding hydrogens is 182 g/mol. The molecular formula is C14H21N. The third kappa shape index (κ3) is 2.85. The number of aromatic amines is 1. The molecule has 0 fully saturated rings. The largest absolute Gasteiger partial charge is 0.358 e. The SMILES string of the molecule is CCCC.Cc1[nH]c2ccccc2c1C. The molecule has 0 saturated heterocycles. The van der Waals surface area contributed by atoms with Crippen LogP contribution in [-0.4, -0.2) is 4.98 Å². The van der Waals surface area contributed by atoms with Gasteiger partial charge >= 0.3 is 0 Å². The van der Waals surface area contributed by atoms with Crippen LogP contribution in [0.2, 0.25) is 0 Å². The van der Waals surface area contributed by atoms with E-state index in [1.165, 1.54) is 35.0 Å². The Bertz CT molecular complexity index is 410. The van der Waals surface area contributed by atoms with Gasteiger partial charge in [-0.1, -0.05) is 44.9 Å². The maximum Gasteiger partial charge on any atom is 0.0458 e. The maximum absolute atomic E-state index is 3.33. The van der Waals surface area contributed by atoms with Crippen LogP contribution >= 0.6 is 0 Å². The molecule has 1 aromatic heterocycles. The second-order valence-corrected chi connectivity index (χ2v) is 3.92. The van der Waals surface area contributed by atoms with Crippen LogP contribution in [0.4, 0.5) is 0 Å². The predicted octanol–water partition coefficient (Wildman–Crippen LogP) is 4.59. The molecule has 1 N–H and O–H groups in total. The number of fused-ring (bicyclic) bond motifs is 1. The number of H-pyrrole nitrogens is 1. The maximum atomic E-state index is 3.33. The van der Waals surface area contributed by atoms with Crippen molar-refractivity contribution in [1.29, 1.82) is 0 Å². The van der Waals surface area contributed by atoms with Gasteiger partial charge in [0.1, 0.15) is 0 Å². The van der Waals surface area contributed by atoms with E-state index in [1.54, 1.807) is 0 Å². The van der Waals surface area contributed by atoms with Crippen LogP contribution < -0.4 is 0 Å². The lowest BCUT2D eigenvalue weighted by Gasteiger charge is -1.87. The molecule has 1 aromatic carbocycles. The lowest BCUT2D eigenvalue weighted by atomic mass is 10.2. The van der Waals surface area contributed by atoms with Crippen LogP contribution in [0.15, 0.2) is 24.3 Å². The van der Waals surface area contributed by atoms with E-state index in [4.69, 9.17) is 0 Å². The Kier molecular flexibility index (Phi) is 4.41. The summed E-state index contributed by atoms with van der Waals surface area (Å²) in [6, 6.07) is 8.38. The molecule has 1 nitrogen and oxygen atoms in total. The van der Waals surface area contributed by atoms with Gasteiger partial charge in [-0.3, -0.25) is 0 Å². The second kappa shape index (κ2) is 5.59. The van der Waals surface area contributed by atoms with Crippen molar-refractivity contribution in [2.24, 2.45) is 0 Å². The highest BCUT2D eigenvalue weighted by molar-refractivity contribution is 5.84. The first kappa shape index (κ1) is 11.8. The number of para-hydroxylation sites is 1. The average Bonchev–Trinajstić information content (AvgIpc) is 2.56. The Morgan fingerprint density at radius 2 is 1.60 bits per heavy atom. The predicted molar refractivity (Wildman–Crippen MR) is 68.4 cm³/mol. The van der Waals surface area contributed by atoms with Crippen LogP contribution in [0, 0.1) is 13.8 Å². The Morgan fingerprint density at radius 1 is 1.00 bits per heavy atom. The quantitative estimate of drug-likeness (QED) is 0.697. The van der Waals surface area contributed by atoms with Gasteiger partial charge in [0.05, 0.1) is 0 Å². The van der Waals surface area contributed by atoms with E-state index >= 15 is 0 Å². The number of rotatable bonds is 1. The molecule has 0 saturated carbocycles. The lowest BCUT2D eigenvalue weighted by molar-refractivity contribution is 0.886. The van der Waals surface area contributed by atoms with Crippen LogP contribution in [-0.2, 0) is 0 Å². The minimum absolute atomic E-state index is 1.24. The standard InChI is InChI=1S/C10H11N.C4H10/c1-7-8(2)11-10-6-4-3-5-9(7)10;1-3-4-2/h3-6,11H,1-2H3;3-4H2,1-2H3. The number of unbranched alkanes of at least 4 members (excludes halogenated alkanes) is 1. The third-order valence-electron chi connectivity index (χ3n) is 2.72. The summed E-state index contributed by atoms with van der Waals surface area (Å²) in [5.74, 6) is 0. The zero-order valence-corrected chi connectivity index (χ0v) is 10.2. The zero-order chi connectivity index (χ0) is 11.3. The molecule has 0 atom stereocenters. The topological polar surface area (TPSA) is 15.8 Å². The average molecular weight is 203 g/mol. The Morgan fingerprint density at radius 3 is 2.13 bits per heavy atom. The highest BCUT2D eigenvalue weighted by Gasteiger charge is 2.00. The molecule has 0 amide bonds. The molecule has 1 heterocycles. The first-order chi connectivity index (χ1) is 7.20. The molecule has 0 unspecified atom stereocenters. The van der Waals surface area contributed by atoms with Crippen molar-refractivity contribution in [3.8, 4) is 0 Å². The van der Waals surface area contributed by atoms with E-state index in [0.29, 0.717) is 0 Å². The third-order valence-corrected chi connectivity index (χ3v) is 2.72. The Balaban J connectivity index is 0.000000245. The lowest BCUT2D eigenvalue weighted by Crippen LogP contribution is -1.70. The number of nitrogens with one attached hydrogen (secondary N) is 1. The van der Waals surface area contributed by atoms with Gasteiger partial charge in [0, 0.05) is 16.6 Å². The molecule has 2 rings (SSSR count). The van der Waals surface area contributed by atoms with Crippen LogP contribution in [0.25, 0.3) is 10.9 Å². The summed E-state index contributed by atoms with van der Waals surface area (Å²) in [7, 11) is 0. The number of hydrogen-bond acceptors (Lipinski definition) is 0. The summed E-state index contributed by atoms with van der Waals surface area (Å²) in [6.07, 6.45) is 2.64. The van der Waals surface area contributed by atoms with E-state index < -0.39 is 0 Å². The van der Waals surface area contributed by atoms with E-state index in [0.717, 1.165) is 0 Å². The number of hydrogen-bond donors (Lipinski definition) is 1. The smallest absolute Gasteiger partial charge is 0.0458 e. The van der Waals surface area contributed by atoms with E-state index in [1.807, 2.05) is 0 Å². The molecule has 0 radical (unpaired) electrons. The summed E-state index contributed by atoms with van der Waals surface area (Å²) >= 11 is 0. The fraction of sp³-hybridized carbons (Fsp3) is 0.429. The molecule has 82 valence electrons. The van der Waals surface area contributed by atoms with Crippen LogP contribution in [0.5, 0.6) is 0 Å². The number of aromatic nitrogens is 1. The molecule has 0 spiro atoms. The summed E-state index contributed by atoms with van der Waals surface area (Å²) in [6.45, 7) is 8.61. The molecule has 0 aliphatic heterocycles. The molecule has 0 bridgehead atoms. The summed E-state index contributed by atoms with van der Waals surface area (Å²) < 4.78 is 0. The van der Waals surface area contributed by atoms with Crippen molar-refractivity contribution in [1.82, 2.24) is 4.98 Å². The normalized spacial score (nSPS) is 9.87. The van der Waals surface area contributed by atoms with Crippen molar-refractivity contribution in [2.75, 3.05) is 0 Å². The van der Waals surface area contributed by atoms with E-state index in [2.05, 4.69) is 56.9 Å². The minimum Gasteiger partial charge on any atom is -0.358 e. The Labute approximate surface area is 92.5 Å². The van der Waals surface area contributed by atoms with Crippen molar-refractivity contribution in [3.05, 3.63) is 35.5 Å². The molecule has 15 heavy (non-hydrogen) atoms. The first-order valence-electron chi connectivity index (χ1n) is 5.74. The van der Waals surface area contributed by atoms with Crippen molar-refractivity contribution in [3.63, 3.8) is 0 Å². The molecule has 1 heteroatoms. The Hall–Kier alpha value is -1.24. The fourth-order valence-electron chi connectivity index (χ4n) is 1.42. The van der Waals surface area contributed by atoms with Gasteiger partial charge in [-0.05, 0) is 25.5 Å². The minimum atomic E-state index is 1.24. The molecule has 2 aromatic rings. The summed E-state index contributed by atoms with van der Waals surface area (Å²) in [5, 5.41) is 1.34. The second-order valence-electron chi connectivity index (χ2n) is 3.92. The van der Waals surface area contributed by atoms with Gasteiger partial charge in [0.2, 0.25) is 0 Å². The van der Waals surface area contributed by atoms with Gasteiger partial charge in [-0.2, -0.15) is 0 Å². The molecule has 0 aliphatic carbocycles. The van der Waals surface area contributed by atoms with Crippen LogP contribution in [0.1, 0.15) is 37.9 Å². The van der Waals surface area contributed by atoms with Gasteiger partial charge in [-0.15, -0.1) is 0 Å². The molecule has 0 aliphatic rings. The van der Waals surface area contributed by atoms with E-state index in [-0.39, 0.29) is 0 Å². The highest BCUT2D eigenvalue weighted by Crippen LogP contribution is 2.19. The fourth-order valence-corrected chi connectivity index (χ4v) is 1.42. The van der Waals surface area contributed by atoms with Gasteiger partial charge in [0.15, 0.2) is 0 Å². The summed E-state index contributed by atoms with van der Waals surface area (Å²) in [4.78, 5) is 3.33. The van der Waals surface area contributed by atoms with Gasteiger partial charge in [0.25, 0.3) is 0 Å².